The number of amides is 6. The van der Waals surface area contributed by atoms with E-state index in [2.05, 4.69) is 26.3 Å². The Hall–Kier alpha value is -5.12. The first kappa shape index (κ1) is 50.0. The molecule has 2 rings (SSSR count). The van der Waals surface area contributed by atoms with Crippen molar-refractivity contribution in [2.75, 3.05) is 20.6 Å². The Morgan fingerprint density at radius 1 is 0.932 bits per heavy atom. The molecule has 0 fully saturated rings. The van der Waals surface area contributed by atoms with Crippen molar-refractivity contribution in [2.45, 2.75) is 137 Å². The number of carbonyl (C=O) groups is 7. The van der Waals surface area contributed by atoms with Crippen LogP contribution in [0.1, 0.15) is 94.1 Å². The lowest BCUT2D eigenvalue weighted by atomic mass is 9.90. The molecule has 16 nitrogen and oxygen atoms in total. The Morgan fingerprint density at radius 2 is 1.54 bits per heavy atom. The Kier molecular flexibility index (Phi) is 19.9. The number of nitrogens with one attached hydrogen (secondary N) is 4. The minimum Gasteiger partial charge on any atom is -0.456 e. The Labute approximate surface area is 349 Å². The lowest BCUT2D eigenvalue weighted by Gasteiger charge is -2.33. The number of pyridine rings is 1. The minimum atomic E-state index is -1.14. The topological polar surface area (TPSA) is 216 Å². The zero-order valence-corrected chi connectivity index (χ0v) is 36.8. The van der Waals surface area contributed by atoms with E-state index < -0.39 is 96.3 Å². The molecule has 0 aliphatic carbocycles. The largest absolute Gasteiger partial charge is 0.456 e. The highest BCUT2D eigenvalue weighted by molar-refractivity contribution is 5.98. The van der Waals surface area contributed by atoms with Crippen LogP contribution in [0, 0.1) is 17.8 Å². The number of cyclic esters (lactones) is 1. The van der Waals surface area contributed by atoms with E-state index in [9.17, 15) is 38.7 Å². The molecule has 0 aromatic carbocycles. The van der Waals surface area contributed by atoms with Gasteiger partial charge < -0.3 is 40.9 Å². The standard InChI is InChI=1S/C43H67N7O9/c1-13-25(5)36-40(55)46-30(10)43(58)59-37(26(6)14-2)28(8)34(51)16-15-27(7)38(53)47-32(21-24(3)4)39(54)45-29(9)41(56)50(12)33(22-31-17-19-44-20-18-31)42(57)49(11)23-35(52)48-36/h14-15,17-20,24-25,28-30,32-34,36-37,51H,13,16,21-23H2,1-12H3,(H,45,54)(H,46,55)(H,47,53)(H,48,52)/b26-14+,27-15+/t25?,28-,29-,30+,32+,33+,34-,36?,37+/m0/s1. The third-order valence-corrected chi connectivity index (χ3v) is 10.9. The predicted octanol–water partition coefficient (Wildman–Crippen LogP) is 2.21. The van der Waals surface area contributed by atoms with Gasteiger partial charge in [0.05, 0.1) is 12.6 Å². The number of carbonyl (C=O) groups excluding carboxylic acids is 7. The summed E-state index contributed by atoms with van der Waals surface area (Å²) in [5.74, 6) is -5.40. The van der Waals surface area contributed by atoms with Crippen LogP contribution in [0.4, 0.5) is 0 Å². The van der Waals surface area contributed by atoms with Crippen molar-refractivity contribution in [3.05, 3.63) is 53.4 Å². The second-order valence-electron chi connectivity index (χ2n) is 16.2. The monoisotopic (exact) mass is 826 g/mol. The molecule has 2 unspecified atom stereocenters. The smallest absolute Gasteiger partial charge is 0.328 e. The number of rotatable bonds is 7. The summed E-state index contributed by atoms with van der Waals surface area (Å²) in [6, 6.07) is -2.08. The van der Waals surface area contributed by atoms with Gasteiger partial charge in [-0.1, -0.05) is 53.2 Å². The third-order valence-electron chi connectivity index (χ3n) is 10.9. The molecule has 0 spiro atoms. The molecule has 328 valence electrons. The summed E-state index contributed by atoms with van der Waals surface area (Å²) in [5, 5.41) is 22.1. The van der Waals surface area contributed by atoms with Crippen molar-refractivity contribution < 1.29 is 43.4 Å². The fourth-order valence-electron chi connectivity index (χ4n) is 6.59. The SMILES string of the molecule is C/C=C(\C)[C@H]1OC(=O)[C@@H](C)NC(=O)C(C(C)CC)NC(=O)CN(C)C(=O)[C@@H](Cc2ccncc2)N(C)C(=O)[C@H](C)NC(=O)[C@@H](CC(C)C)NC(=O)/C(C)=C/C[C@H](O)[C@@H]1C. The van der Waals surface area contributed by atoms with E-state index in [-0.39, 0.29) is 36.7 Å². The number of likely N-dealkylation sites (N-methyl/N-ethyl adjacent to an activating group) is 2. The number of nitrogens with zero attached hydrogens (tertiary/aromatic N) is 3. The third kappa shape index (κ3) is 14.9. The normalized spacial score (nSPS) is 28.8. The lowest BCUT2D eigenvalue weighted by Crippen LogP contribution is -2.58. The summed E-state index contributed by atoms with van der Waals surface area (Å²) < 4.78 is 5.87. The number of allylic oxidation sites excluding steroid dienone is 1. The van der Waals surface area contributed by atoms with Crippen molar-refractivity contribution in [3.63, 3.8) is 0 Å². The first-order valence-corrected chi connectivity index (χ1v) is 20.4. The molecule has 1 aromatic rings. The molecule has 59 heavy (non-hydrogen) atoms. The number of aliphatic hydroxyl groups is 1. The van der Waals surface area contributed by atoms with E-state index in [1.807, 2.05) is 20.8 Å². The molecule has 0 bridgehead atoms. The summed E-state index contributed by atoms with van der Waals surface area (Å²) >= 11 is 0. The fourth-order valence-corrected chi connectivity index (χ4v) is 6.59. The summed E-state index contributed by atoms with van der Waals surface area (Å²) in [7, 11) is 2.85. The van der Waals surface area contributed by atoms with Crippen molar-refractivity contribution in [1.82, 2.24) is 36.1 Å². The molecule has 2 heterocycles. The zero-order chi connectivity index (χ0) is 44.7. The van der Waals surface area contributed by atoms with Gasteiger partial charge in [0.25, 0.3) is 0 Å². The first-order chi connectivity index (χ1) is 27.6. The Balaban J connectivity index is 2.62. The van der Waals surface area contributed by atoms with Crippen LogP contribution in [0.3, 0.4) is 0 Å². The maximum Gasteiger partial charge on any atom is 0.328 e. The molecule has 0 radical (unpaired) electrons. The quantitative estimate of drug-likeness (QED) is 0.200. The average molecular weight is 826 g/mol. The highest BCUT2D eigenvalue weighted by atomic mass is 16.5. The highest BCUT2D eigenvalue weighted by Crippen LogP contribution is 2.23. The molecular weight excluding hydrogens is 759 g/mol. The predicted molar refractivity (Wildman–Crippen MR) is 223 cm³/mol. The summed E-state index contributed by atoms with van der Waals surface area (Å²) in [4.78, 5) is 102. The van der Waals surface area contributed by atoms with Gasteiger partial charge in [-0.05, 0) is 82.6 Å². The summed E-state index contributed by atoms with van der Waals surface area (Å²) in [5.41, 5.74) is 1.58. The number of ether oxygens (including phenoxy) is 1. The lowest BCUT2D eigenvalue weighted by molar-refractivity contribution is -0.155. The molecule has 0 saturated heterocycles. The second kappa shape index (κ2) is 23.5. The molecule has 0 saturated carbocycles. The number of aromatic nitrogens is 1. The number of aliphatic hydroxyl groups excluding tert-OH is 1. The molecular formula is C43H67N7O9. The van der Waals surface area contributed by atoms with Crippen LogP contribution in [-0.4, -0.2) is 124 Å². The van der Waals surface area contributed by atoms with Gasteiger partial charge in [0, 0.05) is 44.4 Å². The van der Waals surface area contributed by atoms with E-state index >= 15 is 0 Å². The van der Waals surface area contributed by atoms with E-state index in [4.69, 9.17) is 4.74 Å². The molecule has 5 N–H and O–H groups in total. The zero-order valence-electron chi connectivity index (χ0n) is 36.8. The maximum absolute atomic E-state index is 14.1. The van der Waals surface area contributed by atoms with Crippen LogP contribution < -0.4 is 21.3 Å². The molecule has 16 heteroatoms. The van der Waals surface area contributed by atoms with Gasteiger partial charge in [0.2, 0.25) is 35.4 Å². The van der Waals surface area contributed by atoms with Gasteiger partial charge in [-0.25, -0.2) is 4.79 Å². The second-order valence-corrected chi connectivity index (χ2v) is 16.2. The fraction of sp³-hybridized carbons (Fsp3) is 0.628. The van der Waals surface area contributed by atoms with Crippen LogP contribution in [-0.2, 0) is 44.7 Å². The molecule has 1 aliphatic rings. The van der Waals surface area contributed by atoms with Gasteiger partial charge in [-0.2, -0.15) is 0 Å². The number of hydrogen-bond donors (Lipinski definition) is 5. The van der Waals surface area contributed by atoms with E-state index in [1.165, 1.54) is 32.8 Å². The van der Waals surface area contributed by atoms with Crippen molar-refractivity contribution in [3.8, 4) is 0 Å². The van der Waals surface area contributed by atoms with Crippen LogP contribution in [0.2, 0.25) is 0 Å². The van der Waals surface area contributed by atoms with Gasteiger partial charge in [-0.3, -0.25) is 33.8 Å². The molecule has 6 amide bonds. The highest BCUT2D eigenvalue weighted by Gasteiger charge is 2.36. The molecule has 9 atom stereocenters. The minimum absolute atomic E-state index is 0.0154. The molecule has 1 aliphatic heterocycles. The van der Waals surface area contributed by atoms with E-state index in [0.29, 0.717) is 17.6 Å². The van der Waals surface area contributed by atoms with Gasteiger partial charge >= 0.3 is 5.97 Å². The van der Waals surface area contributed by atoms with Crippen molar-refractivity contribution >= 4 is 41.4 Å². The Bertz CT molecular complexity index is 1700. The summed E-state index contributed by atoms with van der Waals surface area (Å²) in [6.07, 6.45) is 5.27. The van der Waals surface area contributed by atoms with Crippen LogP contribution in [0.5, 0.6) is 0 Å². The van der Waals surface area contributed by atoms with Crippen LogP contribution in [0.15, 0.2) is 47.8 Å². The first-order valence-electron chi connectivity index (χ1n) is 20.4. The van der Waals surface area contributed by atoms with Gasteiger partial charge in [-0.15, -0.1) is 0 Å². The van der Waals surface area contributed by atoms with Gasteiger partial charge in [0.15, 0.2) is 0 Å². The number of esters is 1. The van der Waals surface area contributed by atoms with Gasteiger partial charge in [0.1, 0.15) is 36.3 Å². The van der Waals surface area contributed by atoms with Crippen molar-refractivity contribution in [1.29, 1.82) is 0 Å². The molecule has 1 aromatic heterocycles. The van der Waals surface area contributed by atoms with E-state index in [1.54, 1.807) is 71.3 Å². The van der Waals surface area contributed by atoms with E-state index in [0.717, 1.165) is 4.90 Å². The average Bonchev–Trinajstić information content (AvgIpc) is 3.20. The van der Waals surface area contributed by atoms with Crippen molar-refractivity contribution in [2.24, 2.45) is 17.8 Å². The Morgan fingerprint density at radius 3 is 2.12 bits per heavy atom. The van der Waals surface area contributed by atoms with Crippen LogP contribution in [0.25, 0.3) is 0 Å². The maximum atomic E-state index is 14.1. The summed E-state index contributed by atoms with van der Waals surface area (Å²) in [6.45, 7) is 16.6. The number of hydrogen-bond acceptors (Lipinski definition) is 10. The van der Waals surface area contributed by atoms with Crippen LogP contribution >= 0.6 is 0 Å².